The van der Waals surface area contributed by atoms with E-state index in [-0.39, 0.29) is 12.5 Å². The minimum atomic E-state index is -0.216. The molecule has 140 valence electrons. The minimum absolute atomic E-state index is 0.0570. The van der Waals surface area contributed by atoms with Crippen LogP contribution < -0.4 is 19.5 Å². The fourth-order valence-electron chi connectivity index (χ4n) is 2.30. The molecule has 0 saturated carbocycles. The molecule has 2 aromatic carbocycles. The van der Waals surface area contributed by atoms with Gasteiger partial charge in [0.2, 0.25) is 5.91 Å². The van der Waals surface area contributed by atoms with Crippen LogP contribution in [-0.2, 0) is 4.79 Å². The molecule has 27 heavy (non-hydrogen) atoms. The number of nitrogens with zero attached hydrogens (tertiary/aromatic N) is 1. The van der Waals surface area contributed by atoms with E-state index in [1.807, 2.05) is 37.3 Å². The first-order chi connectivity index (χ1) is 13.1. The molecule has 0 unspecified atom stereocenters. The number of ether oxygens (including phenoxy) is 3. The first-order valence-corrected chi connectivity index (χ1v) is 8.45. The van der Waals surface area contributed by atoms with Gasteiger partial charge in [-0.3, -0.25) is 4.79 Å². The Bertz CT molecular complexity index is 840. The van der Waals surface area contributed by atoms with Crippen molar-refractivity contribution in [2.75, 3.05) is 26.9 Å². The molecule has 6 nitrogen and oxygen atoms in total. The molecule has 1 amide bonds. The van der Waals surface area contributed by atoms with Crippen LogP contribution in [0.1, 0.15) is 11.1 Å². The summed E-state index contributed by atoms with van der Waals surface area (Å²) < 4.78 is 16.1. The number of amides is 1. The highest BCUT2D eigenvalue weighted by Crippen LogP contribution is 2.28. The molecule has 0 aliphatic carbocycles. The van der Waals surface area contributed by atoms with Crippen molar-refractivity contribution in [3.8, 4) is 23.3 Å². The fraction of sp³-hybridized carbons (Fsp3) is 0.238. The number of carbonyl (C=O) groups is 1. The molecule has 0 fully saturated rings. The topological polar surface area (TPSA) is 80.6 Å². The summed E-state index contributed by atoms with van der Waals surface area (Å²) in [7, 11) is 1.52. The van der Waals surface area contributed by atoms with E-state index < -0.39 is 0 Å². The smallest absolute Gasteiger partial charge is 0.244 e. The van der Waals surface area contributed by atoms with E-state index in [9.17, 15) is 4.79 Å². The Balaban J connectivity index is 1.81. The van der Waals surface area contributed by atoms with Crippen molar-refractivity contribution in [1.82, 2.24) is 5.32 Å². The first-order valence-electron chi connectivity index (χ1n) is 8.45. The average molecular weight is 366 g/mol. The van der Waals surface area contributed by atoms with Crippen LogP contribution in [0, 0.1) is 18.3 Å². The molecular weight excluding hydrogens is 344 g/mol. The van der Waals surface area contributed by atoms with Crippen LogP contribution >= 0.6 is 0 Å². The summed E-state index contributed by atoms with van der Waals surface area (Å²) in [5.74, 6) is 1.55. The van der Waals surface area contributed by atoms with Gasteiger partial charge in [0.05, 0.1) is 13.7 Å². The predicted molar refractivity (Wildman–Crippen MR) is 103 cm³/mol. The second-order valence-electron chi connectivity index (χ2n) is 5.65. The standard InChI is InChI=1S/C21H22N2O4/c1-16-4-3-5-18(14-16)26-13-11-23-21(24)9-7-17-6-8-19(27-12-10-22)20(15-17)25-2/h3-9,14-15H,11-13H2,1-2H3,(H,23,24)/b9-7+. The Morgan fingerprint density at radius 2 is 2.04 bits per heavy atom. The second kappa shape index (κ2) is 10.5. The van der Waals surface area contributed by atoms with Gasteiger partial charge in [-0.2, -0.15) is 5.26 Å². The number of hydrogen-bond donors (Lipinski definition) is 1. The number of methoxy groups -OCH3 is 1. The SMILES string of the molecule is COc1cc(/C=C/C(=O)NCCOc2cccc(C)c2)ccc1OCC#N. The molecule has 0 aromatic heterocycles. The van der Waals surface area contributed by atoms with Crippen LogP contribution in [-0.4, -0.2) is 32.8 Å². The van der Waals surface area contributed by atoms with E-state index in [0.29, 0.717) is 24.7 Å². The summed E-state index contributed by atoms with van der Waals surface area (Å²) in [6, 6.07) is 14.9. The Hall–Kier alpha value is -3.46. The monoisotopic (exact) mass is 366 g/mol. The minimum Gasteiger partial charge on any atom is -0.493 e. The van der Waals surface area contributed by atoms with E-state index in [0.717, 1.165) is 16.9 Å². The predicted octanol–water partition coefficient (Wildman–Crippen LogP) is 3.11. The number of rotatable bonds is 9. The van der Waals surface area contributed by atoms with Gasteiger partial charge >= 0.3 is 0 Å². The molecule has 0 aliphatic heterocycles. The molecular formula is C21H22N2O4. The van der Waals surface area contributed by atoms with E-state index in [2.05, 4.69) is 5.32 Å². The van der Waals surface area contributed by atoms with Gasteiger partial charge < -0.3 is 19.5 Å². The highest BCUT2D eigenvalue weighted by molar-refractivity contribution is 5.91. The van der Waals surface area contributed by atoms with Gasteiger partial charge in [0, 0.05) is 6.08 Å². The Labute approximate surface area is 159 Å². The molecule has 0 spiro atoms. The lowest BCUT2D eigenvalue weighted by Gasteiger charge is -2.09. The van der Waals surface area contributed by atoms with Crippen LogP contribution in [0.2, 0.25) is 0 Å². The number of carbonyl (C=O) groups excluding carboxylic acids is 1. The molecule has 0 radical (unpaired) electrons. The molecule has 0 aliphatic rings. The lowest BCUT2D eigenvalue weighted by molar-refractivity contribution is -0.116. The van der Waals surface area contributed by atoms with Gasteiger partial charge in [-0.25, -0.2) is 0 Å². The Morgan fingerprint density at radius 1 is 1.19 bits per heavy atom. The quantitative estimate of drug-likeness (QED) is 0.545. The molecule has 6 heteroatoms. The molecule has 2 aromatic rings. The molecule has 0 saturated heterocycles. The number of benzene rings is 2. The molecule has 0 bridgehead atoms. The van der Waals surface area contributed by atoms with Crippen LogP contribution in [0.5, 0.6) is 17.2 Å². The lowest BCUT2D eigenvalue weighted by Crippen LogP contribution is -2.26. The van der Waals surface area contributed by atoms with Gasteiger partial charge in [-0.05, 0) is 48.4 Å². The van der Waals surface area contributed by atoms with Gasteiger partial charge in [0.15, 0.2) is 18.1 Å². The maximum atomic E-state index is 11.9. The Kier molecular flexibility index (Phi) is 7.73. The molecule has 0 heterocycles. The summed E-state index contributed by atoms with van der Waals surface area (Å²) in [4.78, 5) is 11.9. The average Bonchev–Trinajstić information content (AvgIpc) is 2.68. The zero-order chi connectivity index (χ0) is 19.5. The second-order valence-corrected chi connectivity index (χ2v) is 5.65. The van der Waals surface area contributed by atoms with E-state index in [4.69, 9.17) is 19.5 Å². The maximum Gasteiger partial charge on any atom is 0.244 e. The third-order valence-electron chi connectivity index (χ3n) is 3.57. The molecule has 0 atom stereocenters. The largest absolute Gasteiger partial charge is 0.493 e. The van der Waals surface area contributed by atoms with Crippen molar-refractivity contribution in [2.24, 2.45) is 0 Å². The van der Waals surface area contributed by atoms with Gasteiger partial charge in [-0.15, -0.1) is 0 Å². The Morgan fingerprint density at radius 3 is 2.78 bits per heavy atom. The van der Waals surface area contributed by atoms with Crippen molar-refractivity contribution in [2.45, 2.75) is 6.92 Å². The van der Waals surface area contributed by atoms with Gasteiger partial charge in [0.1, 0.15) is 18.4 Å². The van der Waals surface area contributed by atoms with Gasteiger partial charge in [0.25, 0.3) is 0 Å². The zero-order valence-electron chi connectivity index (χ0n) is 15.4. The molecule has 2 rings (SSSR count). The van der Waals surface area contributed by atoms with E-state index >= 15 is 0 Å². The van der Waals surface area contributed by atoms with Crippen LogP contribution in [0.3, 0.4) is 0 Å². The van der Waals surface area contributed by atoms with Crippen LogP contribution in [0.15, 0.2) is 48.5 Å². The van der Waals surface area contributed by atoms with E-state index in [1.54, 1.807) is 24.3 Å². The van der Waals surface area contributed by atoms with Crippen molar-refractivity contribution < 1.29 is 19.0 Å². The third kappa shape index (κ3) is 6.75. The van der Waals surface area contributed by atoms with Crippen LogP contribution in [0.4, 0.5) is 0 Å². The van der Waals surface area contributed by atoms with Crippen molar-refractivity contribution in [3.05, 3.63) is 59.7 Å². The van der Waals surface area contributed by atoms with Crippen molar-refractivity contribution >= 4 is 12.0 Å². The number of hydrogen-bond acceptors (Lipinski definition) is 5. The van der Waals surface area contributed by atoms with E-state index in [1.165, 1.54) is 13.2 Å². The van der Waals surface area contributed by atoms with Crippen LogP contribution in [0.25, 0.3) is 6.08 Å². The fourth-order valence-corrected chi connectivity index (χ4v) is 2.30. The summed E-state index contributed by atoms with van der Waals surface area (Å²) >= 11 is 0. The maximum absolute atomic E-state index is 11.9. The highest BCUT2D eigenvalue weighted by atomic mass is 16.5. The summed E-state index contributed by atoms with van der Waals surface area (Å²) in [5, 5.41) is 11.3. The number of aryl methyl sites for hydroxylation is 1. The zero-order valence-corrected chi connectivity index (χ0v) is 15.4. The summed E-state index contributed by atoms with van der Waals surface area (Å²) in [5.41, 5.74) is 1.90. The van der Waals surface area contributed by atoms with Gasteiger partial charge in [-0.1, -0.05) is 18.2 Å². The highest BCUT2D eigenvalue weighted by Gasteiger charge is 2.05. The summed E-state index contributed by atoms with van der Waals surface area (Å²) in [6.07, 6.45) is 3.12. The lowest BCUT2D eigenvalue weighted by atomic mass is 10.2. The third-order valence-corrected chi connectivity index (χ3v) is 3.57. The number of nitriles is 1. The molecule has 1 N–H and O–H groups in total. The number of nitrogens with one attached hydrogen (secondary N) is 1. The summed E-state index contributed by atoms with van der Waals surface area (Å²) in [6.45, 7) is 2.73. The normalized spacial score (nSPS) is 10.3. The van der Waals surface area contributed by atoms with Crippen molar-refractivity contribution in [1.29, 1.82) is 5.26 Å². The first kappa shape index (κ1) is 19.9. The van der Waals surface area contributed by atoms with Crippen molar-refractivity contribution in [3.63, 3.8) is 0 Å².